The molecule has 1 saturated heterocycles. The Hall–Kier alpha value is -3.29. The van der Waals surface area contributed by atoms with Crippen molar-refractivity contribution in [3.63, 3.8) is 0 Å². The molecule has 0 atom stereocenters. The molecule has 0 spiro atoms. The van der Waals surface area contributed by atoms with Crippen molar-refractivity contribution >= 4 is 17.5 Å². The van der Waals surface area contributed by atoms with E-state index >= 15 is 0 Å². The lowest BCUT2D eigenvalue weighted by atomic mass is 9.94. The van der Waals surface area contributed by atoms with Gasteiger partial charge in [0.1, 0.15) is 5.82 Å². The molecule has 1 heterocycles. The molecule has 168 valence electrons. The Bertz CT molecular complexity index is 991. The minimum Gasteiger partial charge on any atom is -0.478 e. The molecule has 2 aromatic carbocycles. The average Bonchev–Trinajstić information content (AvgIpc) is 3.21. The zero-order valence-corrected chi connectivity index (χ0v) is 17.7. The maximum atomic E-state index is 13.2. The molecule has 1 fully saturated rings. The predicted molar refractivity (Wildman–Crippen MR) is 120 cm³/mol. The Morgan fingerprint density at radius 2 is 1.59 bits per heavy atom. The molecule has 1 aliphatic heterocycles. The van der Waals surface area contributed by atoms with E-state index in [0.717, 1.165) is 51.3 Å². The monoisotopic (exact) mass is 439 g/mol. The van der Waals surface area contributed by atoms with Crippen molar-refractivity contribution in [2.75, 3.05) is 32.8 Å². The van der Waals surface area contributed by atoms with Crippen LogP contribution in [-0.4, -0.2) is 59.9 Å². The fourth-order valence-corrected chi connectivity index (χ4v) is 3.83. The van der Waals surface area contributed by atoms with Crippen LogP contribution in [0.1, 0.15) is 17.5 Å². The van der Waals surface area contributed by atoms with Crippen LogP contribution in [0.2, 0.25) is 0 Å². The highest BCUT2D eigenvalue weighted by Gasteiger charge is 2.19. The van der Waals surface area contributed by atoms with Gasteiger partial charge in [0.15, 0.2) is 0 Å². The van der Waals surface area contributed by atoms with Crippen LogP contribution in [0.4, 0.5) is 4.39 Å². The Labute approximate surface area is 186 Å². The Balaban J connectivity index is 0.000000312. The molecule has 2 N–H and O–H groups in total. The van der Waals surface area contributed by atoms with Crippen molar-refractivity contribution < 1.29 is 28.9 Å². The first-order chi connectivity index (χ1) is 15.4. The third kappa shape index (κ3) is 6.60. The summed E-state index contributed by atoms with van der Waals surface area (Å²) in [6, 6.07) is 13.3. The topological polar surface area (TPSA) is 87.1 Å². The number of rotatable bonds is 6. The number of halogens is 1. The van der Waals surface area contributed by atoms with Crippen LogP contribution >= 0.6 is 0 Å². The first-order valence-electron chi connectivity index (χ1n) is 10.5. The van der Waals surface area contributed by atoms with E-state index in [-0.39, 0.29) is 5.82 Å². The quantitative estimate of drug-likeness (QED) is 0.665. The second kappa shape index (κ2) is 11.4. The fourth-order valence-electron chi connectivity index (χ4n) is 3.83. The van der Waals surface area contributed by atoms with E-state index in [1.54, 1.807) is 0 Å². The molecule has 0 aromatic heterocycles. The van der Waals surface area contributed by atoms with E-state index in [1.165, 1.54) is 34.4 Å². The minimum atomic E-state index is -1.26. The average molecular weight is 439 g/mol. The van der Waals surface area contributed by atoms with Gasteiger partial charge in [0, 0.05) is 31.8 Å². The number of nitrogens with zero attached hydrogens (tertiary/aromatic N) is 1. The number of carbonyl (C=O) groups is 2. The molecule has 0 amide bonds. The molecule has 4 rings (SSSR count). The fraction of sp³-hybridized carbons (Fsp3) is 0.280. The molecule has 2 aliphatic rings. The number of carboxylic acid groups (broad SMARTS) is 2. The summed E-state index contributed by atoms with van der Waals surface area (Å²) in [6.07, 6.45) is 5.53. The van der Waals surface area contributed by atoms with Crippen LogP contribution in [0, 0.1) is 5.82 Å². The normalized spacial score (nSPS) is 15.6. The number of hydrogen-bond acceptors (Lipinski definition) is 4. The molecule has 0 radical (unpaired) electrons. The molecule has 0 unspecified atom stereocenters. The predicted octanol–water partition coefficient (Wildman–Crippen LogP) is 3.87. The highest BCUT2D eigenvalue weighted by atomic mass is 19.1. The van der Waals surface area contributed by atoms with E-state index in [1.807, 2.05) is 12.1 Å². The highest BCUT2D eigenvalue weighted by Crippen LogP contribution is 2.36. The van der Waals surface area contributed by atoms with Gasteiger partial charge in [-0.3, -0.25) is 4.90 Å². The van der Waals surface area contributed by atoms with Gasteiger partial charge in [0.25, 0.3) is 0 Å². The third-order valence-corrected chi connectivity index (χ3v) is 5.40. The van der Waals surface area contributed by atoms with Crippen molar-refractivity contribution in [2.24, 2.45) is 0 Å². The van der Waals surface area contributed by atoms with Crippen molar-refractivity contribution in [2.45, 2.75) is 12.8 Å². The summed E-state index contributed by atoms with van der Waals surface area (Å²) in [5.41, 5.74) is 6.51. The molecule has 32 heavy (non-hydrogen) atoms. The SMILES string of the molecule is Fc1ccc(-c2cccc3c2CC=C3CCN2CCOCC2)cc1.O=C(O)/C=C\C(=O)O. The second-order valence-electron chi connectivity index (χ2n) is 7.49. The smallest absolute Gasteiger partial charge is 0.328 e. The highest BCUT2D eigenvalue weighted by molar-refractivity contribution is 5.89. The molecular weight excluding hydrogens is 413 g/mol. The van der Waals surface area contributed by atoms with Gasteiger partial charge >= 0.3 is 11.9 Å². The number of fused-ring (bicyclic) bond motifs is 1. The van der Waals surface area contributed by atoms with Gasteiger partial charge in [-0.25, -0.2) is 14.0 Å². The first-order valence-corrected chi connectivity index (χ1v) is 10.5. The first kappa shape index (κ1) is 23.4. The molecule has 2 aromatic rings. The zero-order valence-electron chi connectivity index (χ0n) is 17.7. The van der Waals surface area contributed by atoms with Crippen LogP contribution in [0.15, 0.2) is 60.7 Å². The van der Waals surface area contributed by atoms with Gasteiger partial charge in [-0.1, -0.05) is 36.4 Å². The summed E-state index contributed by atoms with van der Waals surface area (Å²) in [6.45, 7) is 4.87. The van der Waals surface area contributed by atoms with E-state index < -0.39 is 11.9 Å². The lowest BCUT2D eigenvalue weighted by Gasteiger charge is -2.26. The number of hydrogen-bond donors (Lipinski definition) is 2. The number of ether oxygens (including phenoxy) is 1. The van der Waals surface area contributed by atoms with Crippen molar-refractivity contribution in [1.82, 2.24) is 4.90 Å². The Kier molecular flexibility index (Phi) is 8.30. The van der Waals surface area contributed by atoms with Gasteiger partial charge in [-0.15, -0.1) is 0 Å². The minimum absolute atomic E-state index is 0.185. The third-order valence-electron chi connectivity index (χ3n) is 5.40. The number of morpholine rings is 1. The van der Waals surface area contributed by atoms with Crippen LogP contribution < -0.4 is 0 Å². The van der Waals surface area contributed by atoms with Gasteiger partial charge in [-0.2, -0.15) is 0 Å². The largest absolute Gasteiger partial charge is 0.478 e. The van der Waals surface area contributed by atoms with E-state index in [4.69, 9.17) is 14.9 Å². The van der Waals surface area contributed by atoms with Crippen LogP contribution in [0.3, 0.4) is 0 Å². The standard InChI is InChI=1S/C21H22FNO.C4H4O4/c22-18-7-4-16(5-8-18)19-2-1-3-20-17(6-9-21(19)20)10-11-23-12-14-24-15-13-23;5-3(6)1-2-4(7)8/h1-8H,9-15H2;1-2H,(H,5,6)(H,7,8)/b;2-1-. The summed E-state index contributed by atoms with van der Waals surface area (Å²) in [5.74, 6) is -2.70. The Morgan fingerprint density at radius 1 is 0.969 bits per heavy atom. The maximum absolute atomic E-state index is 13.2. The molecule has 0 saturated carbocycles. The van der Waals surface area contributed by atoms with E-state index in [0.29, 0.717) is 12.2 Å². The van der Waals surface area contributed by atoms with E-state index in [9.17, 15) is 14.0 Å². The number of benzene rings is 2. The zero-order chi connectivity index (χ0) is 22.9. The van der Waals surface area contributed by atoms with Crippen LogP contribution in [0.5, 0.6) is 0 Å². The number of carboxylic acids is 2. The molecule has 1 aliphatic carbocycles. The van der Waals surface area contributed by atoms with Crippen molar-refractivity contribution in [3.8, 4) is 11.1 Å². The van der Waals surface area contributed by atoms with Crippen LogP contribution in [-0.2, 0) is 20.7 Å². The summed E-state index contributed by atoms with van der Waals surface area (Å²) in [5, 5.41) is 15.6. The molecular formula is C25H26FNO5. The summed E-state index contributed by atoms with van der Waals surface area (Å²) < 4.78 is 18.6. The van der Waals surface area contributed by atoms with E-state index in [2.05, 4.69) is 29.2 Å². The summed E-state index contributed by atoms with van der Waals surface area (Å²) in [7, 11) is 0. The van der Waals surface area contributed by atoms with Gasteiger partial charge in [-0.05, 0) is 52.8 Å². The van der Waals surface area contributed by atoms with Crippen LogP contribution in [0.25, 0.3) is 16.7 Å². The lowest BCUT2D eigenvalue weighted by molar-refractivity contribution is -0.134. The molecule has 7 heteroatoms. The summed E-state index contributed by atoms with van der Waals surface area (Å²) >= 11 is 0. The number of aliphatic carboxylic acids is 2. The molecule has 0 bridgehead atoms. The Morgan fingerprint density at radius 3 is 2.22 bits per heavy atom. The van der Waals surface area contributed by atoms with Gasteiger partial charge in [0.2, 0.25) is 0 Å². The molecule has 6 nitrogen and oxygen atoms in total. The lowest BCUT2D eigenvalue weighted by Crippen LogP contribution is -2.36. The summed E-state index contributed by atoms with van der Waals surface area (Å²) in [4.78, 5) is 21.6. The van der Waals surface area contributed by atoms with Crippen molar-refractivity contribution in [1.29, 1.82) is 0 Å². The van der Waals surface area contributed by atoms with Gasteiger partial charge in [0.05, 0.1) is 13.2 Å². The van der Waals surface area contributed by atoms with Crippen molar-refractivity contribution in [3.05, 3.63) is 77.6 Å². The second-order valence-corrected chi connectivity index (χ2v) is 7.49. The number of allylic oxidation sites excluding steroid dienone is 1. The van der Waals surface area contributed by atoms with Gasteiger partial charge < -0.3 is 14.9 Å². The maximum Gasteiger partial charge on any atom is 0.328 e.